The van der Waals surface area contributed by atoms with Gasteiger partial charge in [-0.25, -0.2) is 0 Å². The van der Waals surface area contributed by atoms with E-state index in [1.54, 1.807) is 0 Å². The third-order valence-electron chi connectivity index (χ3n) is 4.89. The minimum absolute atomic E-state index is 0.171. The third kappa shape index (κ3) is 1.42. The van der Waals surface area contributed by atoms with Crippen molar-refractivity contribution in [2.75, 3.05) is 0 Å². The molecular weight excluding hydrogens is 186 g/mol. The summed E-state index contributed by atoms with van der Waals surface area (Å²) in [7, 11) is 0. The van der Waals surface area contributed by atoms with Crippen molar-refractivity contribution in [2.45, 2.75) is 46.5 Å². The minimum Gasteiger partial charge on any atom is -0.396 e. The van der Waals surface area contributed by atoms with Crippen molar-refractivity contribution in [2.24, 2.45) is 23.0 Å². The quantitative estimate of drug-likeness (QED) is 0.663. The fourth-order valence-electron chi connectivity index (χ4n) is 3.31. The summed E-state index contributed by atoms with van der Waals surface area (Å²) in [4.78, 5) is 11.6. The predicted molar refractivity (Wildman–Crippen MR) is 61.1 cm³/mol. The molecule has 0 bridgehead atoms. The van der Waals surface area contributed by atoms with Gasteiger partial charge in [0.05, 0.1) is 5.70 Å². The maximum atomic E-state index is 11.6. The van der Waals surface area contributed by atoms with E-state index >= 15 is 0 Å². The Morgan fingerprint density at radius 3 is 2.67 bits per heavy atom. The lowest BCUT2D eigenvalue weighted by Crippen LogP contribution is -2.42. The van der Waals surface area contributed by atoms with Crippen LogP contribution in [-0.4, -0.2) is 5.78 Å². The van der Waals surface area contributed by atoms with Crippen LogP contribution in [0, 0.1) is 17.3 Å². The lowest BCUT2D eigenvalue weighted by atomic mass is 9.57. The van der Waals surface area contributed by atoms with E-state index in [1.807, 2.05) is 0 Å². The number of hydrogen-bond acceptors (Lipinski definition) is 2. The third-order valence-corrected chi connectivity index (χ3v) is 4.89. The van der Waals surface area contributed by atoms with Crippen LogP contribution in [0.1, 0.15) is 46.5 Å². The summed E-state index contributed by atoms with van der Waals surface area (Å²) in [6.45, 7) is 6.92. The zero-order valence-corrected chi connectivity index (χ0v) is 9.97. The zero-order valence-electron chi connectivity index (χ0n) is 9.97. The summed E-state index contributed by atoms with van der Waals surface area (Å²) in [6.07, 6.45) is 3.84. The highest BCUT2D eigenvalue weighted by Crippen LogP contribution is 2.52. The molecule has 0 amide bonds. The van der Waals surface area contributed by atoms with E-state index < -0.39 is 0 Å². The standard InChI is InChI=1S/C13H21NO/c1-8-4-5-10-12(14)11(15)6-7-13(10,3)9(8)2/h8-9H,4-7,14H2,1-3H3. The second-order valence-corrected chi connectivity index (χ2v) is 5.54. The Morgan fingerprint density at radius 1 is 1.33 bits per heavy atom. The molecular formula is C13H21NO. The second-order valence-electron chi connectivity index (χ2n) is 5.54. The van der Waals surface area contributed by atoms with E-state index in [-0.39, 0.29) is 11.2 Å². The van der Waals surface area contributed by atoms with Crippen molar-refractivity contribution >= 4 is 5.78 Å². The van der Waals surface area contributed by atoms with Gasteiger partial charge in [-0.1, -0.05) is 20.8 Å². The Bertz CT molecular complexity index is 331. The van der Waals surface area contributed by atoms with Gasteiger partial charge in [0.1, 0.15) is 0 Å². The van der Waals surface area contributed by atoms with E-state index in [4.69, 9.17) is 5.73 Å². The smallest absolute Gasteiger partial charge is 0.178 e. The molecule has 2 aliphatic carbocycles. The molecule has 2 N–H and O–H groups in total. The van der Waals surface area contributed by atoms with Gasteiger partial charge in [-0.05, 0) is 42.1 Å². The molecule has 0 aromatic heterocycles. The Balaban J connectivity index is 2.45. The van der Waals surface area contributed by atoms with Crippen LogP contribution in [0.25, 0.3) is 0 Å². The Morgan fingerprint density at radius 2 is 2.00 bits per heavy atom. The van der Waals surface area contributed by atoms with Gasteiger partial charge in [0, 0.05) is 6.42 Å². The first kappa shape index (κ1) is 10.7. The van der Waals surface area contributed by atoms with Gasteiger partial charge in [0.15, 0.2) is 5.78 Å². The number of allylic oxidation sites excluding steroid dienone is 2. The summed E-state index contributed by atoms with van der Waals surface area (Å²) < 4.78 is 0. The monoisotopic (exact) mass is 207 g/mol. The van der Waals surface area contributed by atoms with Crippen LogP contribution in [0.3, 0.4) is 0 Å². The van der Waals surface area contributed by atoms with Gasteiger partial charge >= 0.3 is 0 Å². The summed E-state index contributed by atoms with van der Waals surface area (Å²) in [5.41, 5.74) is 7.99. The summed E-state index contributed by atoms with van der Waals surface area (Å²) in [5.74, 6) is 1.57. The summed E-state index contributed by atoms with van der Waals surface area (Å²) in [6, 6.07) is 0. The SMILES string of the molecule is CC1CCC2=C(N)C(=O)CCC2(C)C1C. The average molecular weight is 207 g/mol. The molecule has 0 heterocycles. The van der Waals surface area contributed by atoms with E-state index in [9.17, 15) is 4.79 Å². The molecule has 3 unspecified atom stereocenters. The highest BCUT2D eigenvalue weighted by molar-refractivity contribution is 5.96. The van der Waals surface area contributed by atoms with Crippen LogP contribution < -0.4 is 5.73 Å². The highest BCUT2D eigenvalue weighted by atomic mass is 16.1. The van der Waals surface area contributed by atoms with Crippen molar-refractivity contribution in [1.82, 2.24) is 0 Å². The maximum absolute atomic E-state index is 11.6. The van der Waals surface area contributed by atoms with Crippen molar-refractivity contribution in [1.29, 1.82) is 0 Å². The van der Waals surface area contributed by atoms with Crippen LogP contribution in [0.5, 0.6) is 0 Å². The molecule has 2 rings (SSSR count). The van der Waals surface area contributed by atoms with Crippen LogP contribution in [0.4, 0.5) is 0 Å². The van der Waals surface area contributed by atoms with Gasteiger partial charge in [0.2, 0.25) is 0 Å². The normalized spacial score (nSPS) is 41.7. The number of hydrogen-bond donors (Lipinski definition) is 1. The molecule has 2 heteroatoms. The lowest BCUT2D eigenvalue weighted by Gasteiger charge is -2.48. The summed E-state index contributed by atoms with van der Waals surface area (Å²) >= 11 is 0. The fraction of sp³-hybridized carbons (Fsp3) is 0.769. The number of ketones is 1. The molecule has 15 heavy (non-hydrogen) atoms. The molecule has 0 aliphatic heterocycles. The van der Waals surface area contributed by atoms with Crippen LogP contribution in [-0.2, 0) is 4.79 Å². The van der Waals surface area contributed by atoms with Crippen molar-refractivity contribution < 1.29 is 4.79 Å². The second kappa shape index (κ2) is 3.36. The topological polar surface area (TPSA) is 43.1 Å². The predicted octanol–water partition coefficient (Wildman–Crippen LogP) is 2.63. The molecule has 84 valence electrons. The van der Waals surface area contributed by atoms with Crippen LogP contribution in [0.15, 0.2) is 11.3 Å². The van der Waals surface area contributed by atoms with E-state index in [0.29, 0.717) is 18.0 Å². The highest BCUT2D eigenvalue weighted by Gasteiger charge is 2.45. The molecule has 0 saturated heterocycles. The lowest BCUT2D eigenvalue weighted by molar-refractivity contribution is -0.117. The number of Topliss-reactive ketones (excluding diaryl/α,β-unsaturated/α-hetero) is 1. The van der Waals surface area contributed by atoms with E-state index in [0.717, 1.165) is 18.8 Å². The number of carbonyl (C=O) groups excluding carboxylic acids is 1. The Hall–Kier alpha value is -0.790. The van der Waals surface area contributed by atoms with Crippen molar-refractivity contribution in [3.8, 4) is 0 Å². The first-order chi connectivity index (χ1) is 6.97. The number of nitrogens with two attached hydrogens (primary N) is 1. The molecule has 2 aliphatic rings. The molecule has 0 spiro atoms. The number of fused-ring (bicyclic) bond motifs is 1. The van der Waals surface area contributed by atoms with Gasteiger partial charge in [-0.15, -0.1) is 0 Å². The van der Waals surface area contributed by atoms with Crippen LogP contribution in [0.2, 0.25) is 0 Å². The number of carbonyl (C=O) groups is 1. The minimum atomic E-state index is 0.171. The molecule has 0 aromatic carbocycles. The average Bonchev–Trinajstić information content (AvgIpc) is 2.21. The molecule has 1 fully saturated rings. The molecule has 0 aromatic rings. The van der Waals surface area contributed by atoms with E-state index in [1.165, 1.54) is 12.0 Å². The van der Waals surface area contributed by atoms with Gasteiger partial charge in [0.25, 0.3) is 0 Å². The first-order valence-electron chi connectivity index (χ1n) is 5.99. The largest absolute Gasteiger partial charge is 0.396 e. The molecule has 1 saturated carbocycles. The first-order valence-corrected chi connectivity index (χ1v) is 5.99. The molecule has 3 atom stereocenters. The van der Waals surface area contributed by atoms with Crippen molar-refractivity contribution in [3.05, 3.63) is 11.3 Å². The zero-order chi connectivity index (χ0) is 11.2. The molecule has 0 radical (unpaired) electrons. The van der Waals surface area contributed by atoms with Gasteiger partial charge in [-0.2, -0.15) is 0 Å². The molecule has 2 nitrogen and oxygen atoms in total. The maximum Gasteiger partial charge on any atom is 0.178 e. The Labute approximate surface area is 91.9 Å². The van der Waals surface area contributed by atoms with E-state index in [2.05, 4.69) is 20.8 Å². The Kier molecular flexibility index (Phi) is 2.40. The van der Waals surface area contributed by atoms with Crippen molar-refractivity contribution in [3.63, 3.8) is 0 Å². The fourth-order valence-corrected chi connectivity index (χ4v) is 3.31. The van der Waals surface area contributed by atoms with Gasteiger partial charge in [-0.3, -0.25) is 4.79 Å². The van der Waals surface area contributed by atoms with Gasteiger partial charge < -0.3 is 5.73 Å². The van der Waals surface area contributed by atoms with Crippen LogP contribution >= 0.6 is 0 Å². The number of rotatable bonds is 0. The summed E-state index contributed by atoms with van der Waals surface area (Å²) in [5, 5.41) is 0.